The fourth-order valence-electron chi connectivity index (χ4n) is 3.25. The van der Waals surface area contributed by atoms with Gasteiger partial charge in [0.25, 0.3) is 0 Å². The van der Waals surface area contributed by atoms with Gasteiger partial charge >= 0.3 is 0 Å². The summed E-state index contributed by atoms with van der Waals surface area (Å²) in [6.07, 6.45) is 4.38. The molecule has 1 unspecified atom stereocenters. The molecule has 2 rings (SSSR count). The van der Waals surface area contributed by atoms with E-state index in [1.54, 1.807) is 18.7 Å². The minimum absolute atomic E-state index is 0.0389. The number of nitrogens with zero attached hydrogens (tertiary/aromatic N) is 1. The summed E-state index contributed by atoms with van der Waals surface area (Å²) in [6, 6.07) is 0.228. The SMILES string of the molecule is CC1(C)CCCC(N2CC(=O)NC(C)(C)C2=O)C1. The van der Waals surface area contributed by atoms with Crippen molar-refractivity contribution in [3.8, 4) is 0 Å². The van der Waals surface area contributed by atoms with Gasteiger partial charge in [-0.25, -0.2) is 0 Å². The Morgan fingerprint density at radius 1 is 1.22 bits per heavy atom. The fraction of sp³-hybridized carbons (Fsp3) is 0.857. The van der Waals surface area contributed by atoms with Crippen LogP contribution in [0.15, 0.2) is 0 Å². The molecule has 1 heterocycles. The quantitative estimate of drug-likeness (QED) is 0.772. The van der Waals surface area contributed by atoms with Crippen molar-refractivity contribution in [3.05, 3.63) is 0 Å². The maximum atomic E-state index is 12.4. The molecular formula is C14H24N2O2. The van der Waals surface area contributed by atoms with Crippen LogP contribution in [0.5, 0.6) is 0 Å². The van der Waals surface area contributed by atoms with E-state index < -0.39 is 5.54 Å². The average Bonchev–Trinajstić information content (AvgIpc) is 2.21. The first kappa shape index (κ1) is 13.4. The summed E-state index contributed by atoms with van der Waals surface area (Å²) in [5, 5.41) is 2.77. The van der Waals surface area contributed by atoms with Crippen molar-refractivity contribution in [2.24, 2.45) is 5.41 Å². The summed E-state index contributed by atoms with van der Waals surface area (Å²) >= 11 is 0. The van der Waals surface area contributed by atoms with Gasteiger partial charge in [-0.05, 0) is 38.5 Å². The van der Waals surface area contributed by atoms with E-state index in [0.29, 0.717) is 0 Å². The van der Waals surface area contributed by atoms with Gasteiger partial charge in [-0.3, -0.25) is 9.59 Å². The van der Waals surface area contributed by atoms with Crippen LogP contribution in [-0.2, 0) is 9.59 Å². The Kier molecular flexibility index (Phi) is 3.16. The van der Waals surface area contributed by atoms with E-state index in [2.05, 4.69) is 19.2 Å². The molecule has 2 aliphatic rings. The van der Waals surface area contributed by atoms with Gasteiger partial charge in [0, 0.05) is 6.04 Å². The Morgan fingerprint density at radius 3 is 2.50 bits per heavy atom. The predicted molar refractivity (Wildman–Crippen MR) is 70.0 cm³/mol. The average molecular weight is 252 g/mol. The number of carbonyl (C=O) groups excluding carboxylic acids is 2. The largest absolute Gasteiger partial charge is 0.341 e. The smallest absolute Gasteiger partial charge is 0.248 e. The third-order valence-corrected chi connectivity index (χ3v) is 4.18. The second-order valence-corrected chi connectivity index (χ2v) is 7.02. The number of nitrogens with one attached hydrogen (secondary N) is 1. The first-order valence-corrected chi connectivity index (χ1v) is 6.83. The fourth-order valence-corrected chi connectivity index (χ4v) is 3.25. The lowest BCUT2D eigenvalue weighted by molar-refractivity contribution is -0.152. The van der Waals surface area contributed by atoms with Crippen molar-refractivity contribution in [1.82, 2.24) is 10.2 Å². The minimum atomic E-state index is -0.753. The Bertz CT molecular complexity index is 374. The molecular weight excluding hydrogens is 228 g/mol. The Morgan fingerprint density at radius 2 is 1.89 bits per heavy atom. The Hall–Kier alpha value is -1.06. The van der Waals surface area contributed by atoms with Crippen molar-refractivity contribution in [3.63, 3.8) is 0 Å². The van der Waals surface area contributed by atoms with Crippen LogP contribution < -0.4 is 5.32 Å². The molecule has 4 nitrogen and oxygen atoms in total. The first-order valence-electron chi connectivity index (χ1n) is 6.83. The highest BCUT2D eigenvalue weighted by molar-refractivity contribution is 5.97. The summed E-state index contributed by atoms with van der Waals surface area (Å²) in [5.74, 6) is 0.0211. The van der Waals surface area contributed by atoms with Crippen molar-refractivity contribution in [1.29, 1.82) is 0 Å². The minimum Gasteiger partial charge on any atom is -0.341 e. The lowest BCUT2D eigenvalue weighted by Crippen LogP contribution is -2.66. The summed E-state index contributed by atoms with van der Waals surface area (Å²) < 4.78 is 0. The first-order chi connectivity index (χ1) is 8.21. The highest BCUT2D eigenvalue weighted by Gasteiger charge is 2.43. The molecule has 2 fully saturated rings. The van der Waals surface area contributed by atoms with Crippen LogP contribution in [0.3, 0.4) is 0 Å². The van der Waals surface area contributed by atoms with Crippen LogP contribution >= 0.6 is 0 Å². The molecule has 1 saturated heterocycles. The van der Waals surface area contributed by atoms with E-state index in [9.17, 15) is 9.59 Å². The van der Waals surface area contributed by atoms with Crippen LogP contribution in [0.1, 0.15) is 53.4 Å². The van der Waals surface area contributed by atoms with Gasteiger partial charge in [0.2, 0.25) is 11.8 Å². The molecule has 1 N–H and O–H groups in total. The summed E-state index contributed by atoms with van der Waals surface area (Å²) in [4.78, 5) is 26.0. The van der Waals surface area contributed by atoms with Crippen LogP contribution in [-0.4, -0.2) is 34.8 Å². The molecule has 0 spiro atoms. The second kappa shape index (κ2) is 4.25. The Labute approximate surface area is 109 Å². The zero-order chi connectivity index (χ0) is 13.6. The topological polar surface area (TPSA) is 49.4 Å². The van der Waals surface area contributed by atoms with Crippen LogP contribution in [0.2, 0.25) is 0 Å². The second-order valence-electron chi connectivity index (χ2n) is 7.02. The van der Waals surface area contributed by atoms with Crippen molar-refractivity contribution >= 4 is 11.8 Å². The van der Waals surface area contributed by atoms with Crippen LogP contribution in [0.4, 0.5) is 0 Å². The van der Waals surface area contributed by atoms with Gasteiger partial charge < -0.3 is 10.2 Å². The number of piperazine rings is 1. The van der Waals surface area contributed by atoms with Gasteiger partial charge in [0.1, 0.15) is 5.54 Å². The highest BCUT2D eigenvalue weighted by Crippen LogP contribution is 2.38. The normalized spacial score (nSPS) is 31.1. The zero-order valence-electron chi connectivity index (χ0n) is 11.9. The lowest BCUT2D eigenvalue weighted by Gasteiger charge is -2.46. The number of rotatable bonds is 1. The van der Waals surface area contributed by atoms with Gasteiger partial charge in [0.15, 0.2) is 0 Å². The molecule has 0 radical (unpaired) electrons. The Balaban J connectivity index is 2.16. The van der Waals surface area contributed by atoms with Crippen molar-refractivity contribution < 1.29 is 9.59 Å². The van der Waals surface area contributed by atoms with E-state index in [0.717, 1.165) is 19.3 Å². The number of amides is 2. The maximum absolute atomic E-state index is 12.4. The zero-order valence-corrected chi connectivity index (χ0v) is 11.9. The number of carbonyl (C=O) groups is 2. The molecule has 0 aromatic rings. The molecule has 1 aliphatic carbocycles. The van der Waals surface area contributed by atoms with Crippen molar-refractivity contribution in [2.45, 2.75) is 65.0 Å². The molecule has 2 amide bonds. The monoisotopic (exact) mass is 252 g/mol. The molecule has 1 atom stereocenters. The van der Waals surface area contributed by atoms with Gasteiger partial charge in [0.05, 0.1) is 6.54 Å². The van der Waals surface area contributed by atoms with E-state index in [4.69, 9.17) is 0 Å². The molecule has 1 aliphatic heterocycles. The maximum Gasteiger partial charge on any atom is 0.248 e. The number of hydrogen-bond acceptors (Lipinski definition) is 2. The highest BCUT2D eigenvalue weighted by atomic mass is 16.2. The third-order valence-electron chi connectivity index (χ3n) is 4.18. The molecule has 0 bridgehead atoms. The summed E-state index contributed by atoms with van der Waals surface area (Å²) in [6.45, 7) is 8.29. The van der Waals surface area contributed by atoms with Gasteiger partial charge in [-0.1, -0.05) is 20.3 Å². The molecule has 4 heteroatoms. The van der Waals surface area contributed by atoms with Crippen LogP contribution in [0.25, 0.3) is 0 Å². The van der Waals surface area contributed by atoms with Crippen LogP contribution in [0, 0.1) is 5.41 Å². The third kappa shape index (κ3) is 2.52. The molecule has 18 heavy (non-hydrogen) atoms. The van der Waals surface area contributed by atoms with E-state index in [1.807, 2.05) is 0 Å². The van der Waals surface area contributed by atoms with Gasteiger partial charge in [-0.15, -0.1) is 0 Å². The molecule has 0 aromatic heterocycles. The van der Waals surface area contributed by atoms with Gasteiger partial charge in [-0.2, -0.15) is 0 Å². The number of hydrogen-bond donors (Lipinski definition) is 1. The van der Waals surface area contributed by atoms with Crippen molar-refractivity contribution in [2.75, 3.05) is 6.54 Å². The summed E-state index contributed by atoms with van der Waals surface area (Å²) in [5.41, 5.74) is -0.474. The molecule has 0 aromatic carbocycles. The summed E-state index contributed by atoms with van der Waals surface area (Å²) in [7, 11) is 0. The lowest BCUT2D eigenvalue weighted by atomic mass is 9.74. The van der Waals surface area contributed by atoms with E-state index >= 15 is 0 Å². The predicted octanol–water partition coefficient (Wildman–Crippen LogP) is 1.69. The standard InChI is InChI=1S/C14H24N2O2/c1-13(2)7-5-6-10(8-13)16-9-11(17)15-14(3,4)12(16)18/h10H,5-9H2,1-4H3,(H,15,17). The molecule has 102 valence electrons. The molecule has 1 saturated carbocycles. The van der Waals surface area contributed by atoms with E-state index in [-0.39, 0.29) is 29.8 Å². The van der Waals surface area contributed by atoms with E-state index in [1.165, 1.54) is 6.42 Å².